The molecule has 2 rings (SSSR count). The van der Waals surface area contributed by atoms with Gasteiger partial charge in [0.15, 0.2) is 5.65 Å². The fraction of sp³-hybridized carbons (Fsp3) is 0.455. The van der Waals surface area contributed by atoms with E-state index in [2.05, 4.69) is 9.97 Å². The largest absolute Gasteiger partial charge is 0.395 e. The zero-order valence-corrected chi connectivity index (χ0v) is 12.1. The van der Waals surface area contributed by atoms with Crippen LogP contribution in [-0.4, -0.2) is 26.2 Å². The van der Waals surface area contributed by atoms with Crippen LogP contribution in [-0.2, 0) is 17.3 Å². The Bertz CT molecular complexity index is 679. The van der Waals surface area contributed by atoms with Crippen LogP contribution < -0.4 is 0 Å². The predicted octanol–water partition coefficient (Wildman–Crippen LogP) is 3.31. The van der Waals surface area contributed by atoms with Crippen LogP contribution in [0.1, 0.15) is 17.1 Å². The van der Waals surface area contributed by atoms with E-state index < -0.39 is 22.0 Å². The predicted molar refractivity (Wildman–Crippen MR) is 68.8 cm³/mol. The highest BCUT2D eigenvalue weighted by Crippen LogP contribution is 2.40. The summed E-state index contributed by atoms with van der Waals surface area (Å²) in [5, 5.41) is 1.10. The van der Waals surface area contributed by atoms with Gasteiger partial charge in [0.1, 0.15) is 17.0 Å². The molecule has 0 radical (unpaired) electrons. The Morgan fingerprint density at radius 2 is 1.81 bits per heavy atom. The van der Waals surface area contributed by atoms with E-state index in [9.17, 15) is 17.6 Å². The minimum Gasteiger partial charge on any atom is -0.395 e. The summed E-state index contributed by atoms with van der Waals surface area (Å²) in [5.74, 6) is 0.226. The van der Waals surface area contributed by atoms with Gasteiger partial charge in [-0.25, -0.2) is 9.97 Å². The van der Waals surface area contributed by atoms with Crippen molar-refractivity contribution >= 4 is 34.4 Å². The third-order valence-electron chi connectivity index (χ3n) is 2.81. The van der Waals surface area contributed by atoms with Gasteiger partial charge in [0.25, 0.3) is 0 Å². The van der Waals surface area contributed by atoms with Crippen LogP contribution in [0.25, 0.3) is 11.2 Å². The number of hydrogen-bond acceptors (Lipinski definition) is 3. The highest BCUT2D eigenvalue weighted by atomic mass is 35.5. The van der Waals surface area contributed by atoms with Crippen LogP contribution in [0.3, 0.4) is 0 Å². The van der Waals surface area contributed by atoms with Gasteiger partial charge in [-0.15, -0.1) is 0 Å². The number of hydrogen-bond donors (Lipinski definition) is 1. The lowest BCUT2D eigenvalue weighted by atomic mass is 10.2. The molecule has 116 valence electrons. The Hall–Kier alpha value is -1.12. The average molecular weight is 346 g/mol. The molecule has 0 aromatic carbocycles. The molecule has 0 aliphatic carbocycles. The summed E-state index contributed by atoms with van der Waals surface area (Å²) in [6.45, 7) is 1.08. The molecule has 2 heterocycles. The SMILES string of the molecule is Cc1nc2c(C(F)(F)Cl)cc(C(F)(F)Cl)nc2n1CCO. The molecule has 2 aromatic rings. The molecular weight excluding hydrogens is 337 g/mol. The number of halogens is 6. The third-order valence-corrected chi connectivity index (χ3v) is 3.21. The van der Waals surface area contributed by atoms with Gasteiger partial charge in [-0.3, -0.25) is 0 Å². The van der Waals surface area contributed by atoms with Crippen molar-refractivity contribution in [2.75, 3.05) is 6.61 Å². The normalized spacial score (nSPS) is 13.1. The number of imidazole rings is 1. The number of aliphatic hydroxyl groups excluding tert-OH is 1. The van der Waals surface area contributed by atoms with Crippen molar-refractivity contribution < 1.29 is 22.7 Å². The summed E-state index contributed by atoms with van der Waals surface area (Å²) in [7, 11) is 0. The molecule has 0 saturated heterocycles. The van der Waals surface area contributed by atoms with Crippen molar-refractivity contribution in [2.24, 2.45) is 0 Å². The molecule has 0 spiro atoms. The van der Waals surface area contributed by atoms with Gasteiger partial charge in [-0.05, 0) is 36.2 Å². The highest BCUT2D eigenvalue weighted by Gasteiger charge is 2.38. The van der Waals surface area contributed by atoms with Crippen molar-refractivity contribution in [1.29, 1.82) is 0 Å². The topological polar surface area (TPSA) is 50.9 Å². The van der Waals surface area contributed by atoms with Crippen molar-refractivity contribution in [2.45, 2.75) is 24.2 Å². The first-order valence-electron chi connectivity index (χ1n) is 5.69. The van der Waals surface area contributed by atoms with Crippen LogP contribution >= 0.6 is 23.2 Å². The summed E-state index contributed by atoms with van der Waals surface area (Å²) >= 11 is 9.80. The molecule has 1 N–H and O–H groups in total. The minimum absolute atomic E-state index is 0.0417. The standard InChI is InChI=1S/C11H9Cl2F4N3O/c1-5-18-8-6(10(12,14)15)4-7(11(13,16)17)19-9(8)20(5)2-3-21/h4,21H,2-3H2,1H3. The maximum atomic E-state index is 13.4. The van der Waals surface area contributed by atoms with Gasteiger partial charge >= 0.3 is 10.8 Å². The lowest BCUT2D eigenvalue weighted by Gasteiger charge is -2.13. The Morgan fingerprint density at radius 3 is 2.29 bits per heavy atom. The second-order valence-electron chi connectivity index (χ2n) is 4.26. The lowest BCUT2D eigenvalue weighted by Crippen LogP contribution is -2.13. The van der Waals surface area contributed by atoms with Gasteiger partial charge in [-0.1, -0.05) is 0 Å². The maximum Gasteiger partial charge on any atom is 0.364 e. The molecule has 21 heavy (non-hydrogen) atoms. The fourth-order valence-electron chi connectivity index (χ4n) is 1.93. The number of rotatable bonds is 4. The summed E-state index contributed by atoms with van der Waals surface area (Å²) in [4.78, 5) is 7.43. The number of nitrogens with zero attached hydrogens (tertiary/aromatic N) is 3. The van der Waals surface area contributed by atoms with E-state index in [0.29, 0.717) is 6.07 Å². The molecule has 2 aromatic heterocycles. The number of fused-ring (bicyclic) bond motifs is 1. The van der Waals surface area contributed by atoms with E-state index in [1.54, 1.807) is 0 Å². The van der Waals surface area contributed by atoms with Gasteiger partial charge < -0.3 is 9.67 Å². The van der Waals surface area contributed by atoms with Crippen LogP contribution in [0.2, 0.25) is 0 Å². The van der Waals surface area contributed by atoms with Gasteiger partial charge in [0.05, 0.1) is 12.2 Å². The summed E-state index contributed by atoms with van der Waals surface area (Å²) in [6.07, 6.45) is 0. The Labute approximate surface area is 126 Å². The van der Waals surface area contributed by atoms with E-state index >= 15 is 0 Å². The number of aromatic nitrogens is 3. The number of alkyl halides is 6. The molecule has 0 aliphatic heterocycles. The molecule has 0 saturated carbocycles. The number of aryl methyl sites for hydroxylation is 1. The monoisotopic (exact) mass is 345 g/mol. The first kappa shape index (κ1) is 16.3. The zero-order valence-electron chi connectivity index (χ0n) is 10.5. The van der Waals surface area contributed by atoms with Crippen molar-refractivity contribution in [3.8, 4) is 0 Å². The molecule has 0 fully saturated rings. The van der Waals surface area contributed by atoms with Crippen LogP contribution in [0, 0.1) is 6.92 Å². The third kappa shape index (κ3) is 3.07. The second kappa shape index (κ2) is 5.26. The summed E-state index contributed by atoms with van der Waals surface area (Å²) < 4.78 is 54.5. The van der Waals surface area contributed by atoms with Gasteiger partial charge in [0, 0.05) is 6.54 Å². The molecule has 0 aliphatic rings. The summed E-state index contributed by atoms with van der Waals surface area (Å²) in [6, 6.07) is 0.429. The molecular formula is C11H9Cl2F4N3O. The molecule has 10 heteroatoms. The average Bonchev–Trinajstić information content (AvgIpc) is 2.63. The second-order valence-corrected chi connectivity index (χ2v) is 5.21. The van der Waals surface area contributed by atoms with E-state index in [4.69, 9.17) is 28.3 Å². The van der Waals surface area contributed by atoms with Crippen LogP contribution in [0.5, 0.6) is 0 Å². The van der Waals surface area contributed by atoms with E-state index in [0.717, 1.165) is 0 Å². The Balaban J connectivity index is 2.85. The van der Waals surface area contributed by atoms with Gasteiger partial charge in [-0.2, -0.15) is 17.6 Å². The number of pyridine rings is 1. The molecule has 4 nitrogen and oxygen atoms in total. The Kier molecular flexibility index (Phi) is 4.07. The van der Waals surface area contributed by atoms with Crippen molar-refractivity contribution in [3.63, 3.8) is 0 Å². The van der Waals surface area contributed by atoms with Crippen LogP contribution in [0.4, 0.5) is 17.6 Å². The quantitative estimate of drug-likeness (QED) is 0.683. The maximum absolute atomic E-state index is 13.4. The Morgan fingerprint density at radius 1 is 1.19 bits per heavy atom. The van der Waals surface area contributed by atoms with E-state index in [1.165, 1.54) is 11.5 Å². The van der Waals surface area contributed by atoms with E-state index in [-0.39, 0.29) is 30.1 Å². The molecule has 0 unspecified atom stereocenters. The van der Waals surface area contributed by atoms with Crippen molar-refractivity contribution in [3.05, 3.63) is 23.1 Å². The highest BCUT2D eigenvalue weighted by molar-refractivity contribution is 6.23. The first-order valence-corrected chi connectivity index (χ1v) is 6.44. The molecule has 0 atom stereocenters. The molecule has 0 amide bonds. The smallest absolute Gasteiger partial charge is 0.364 e. The first-order chi connectivity index (χ1) is 9.55. The molecule has 0 bridgehead atoms. The van der Waals surface area contributed by atoms with Crippen molar-refractivity contribution in [1.82, 2.24) is 14.5 Å². The summed E-state index contributed by atoms with van der Waals surface area (Å²) in [5.41, 5.74) is -2.53. The minimum atomic E-state index is -3.94. The number of aliphatic hydroxyl groups is 1. The zero-order chi connectivity index (χ0) is 16.0. The lowest BCUT2D eigenvalue weighted by molar-refractivity contribution is 0.0853. The van der Waals surface area contributed by atoms with E-state index in [1.807, 2.05) is 0 Å². The van der Waals surface area contributed by atoms with Gasteiger partial charge in [0.2, 0.25) is 0 Å². The van der Waals surface area contributed by atoms with Crippen LogP contribution in [0.15, 0.2) is 6.07 Å². The fourth-order valence-corrected chi connectivity index (χ4v) is 2.17.